The van der Waals surface area contributed by atoms with Crippen LogP contribution in [0.5, 0.6) is 11.6 Å². The average Bonchev–Trinajstić information content (AvgIpc) is 3.05. The molecule has 6 heteroatoms. The molecule has 1 aromatic carbocycles. The van der Waals surface area contributed by atoms with E-state index in [9.17, 15) is 15.0 Å². The van der Waals surface area contributed by atoms with E-state index in [0.717, 1.165) is 0 Å². The van der Waals surface area contributed by atoms with E-state index in [1.165, 1.54) is 0 Å². The molecule has 136 valence electrons. The van der Waals surface area contributed by atoms with Gasteiger partial charge >= 0.3 is 0 Å². The van der Waals surface area contributed by atoms with E-state index in [2.05, 4.69) is 4.98 Å². The summed E-state index contributed by atoms with van der Waals surface area (Å²) in [5, 5.41) is 19.7. The zero-order valence-corrected chi connectivity index (χ0v) is 14.4. The van der Waals surface area contributed by atoms with E-state index in [1.54, 1.807) is 36.5 Å². The highest BCUT2D eigenvalue weighted by Gasteiger charge is 2.42. The van der Waals surface area contributed by atoms with Crippen LogP contribution in [0.1, 0.15) is 23.2 Å². The van der Waals surface area contributed by atoms with Gasteiger partial charge in [0.2, 0.25) is 5.88 Å². The monoisotopic (exact) mass is 354 g/mol. The number of pyridine rings is 1. The number of amides is 1. The number of aromatic nitrogens is 1. The van der Waals surface area contributed by atoms with Gasteiger partial charge in [-0.15, -0.1) is 0 Å². The molecule has 6 nitrogen and oxygen atoms in total. The molecule has 1 saturated carbocycles. The van der Waals surface area contributed by atoms with Crippen LogP contribution in [-0.2, 0) is 0 Å². The Kier molecular flexibility index (Phi) is 4.61. The van der Waals surface area contributed by atoms with Crippen LogP contribution >= 0.6 is 0 Å². The Bertz CT molecular complexity index is 764. The van der Waals surface area contributed by atoms with Crippen molar-refractivity contribution in [2.24, 2.45) is 11.8 Å². The fourth-order valence-electron chi connectivity index (χ4n) is 3.98. The van der Waals surface area contributed by atoms with Crippen LogP contribution in [0.3, 0.4) is 0 Å². The molecule has 4 atom stereocenters. The molecule has 4 unspecified atom stereocenters. The zero-order chi connectivity index (χ0) is 18.1. The second-order valence-electron chi connectivity index (χ2n) is 7.13. The molecule has 0 bridgehead atoms. The third-order valence-corrected chi connectivity index (χ3v) is 5.34. The molecule has 1 amide bonds. The third kappa shape index (κ3) is 3.43. The Labute approximate surface area is 152 Å². The second-order valence-corrected chi connectivity index (χ2v) is 7.13. The largest absolute Gasteiger partial charge is 0.439 e. The van der Waals surface area contributed by atoms with Crippen LogP contribution in [0, 0.1) is 11.8 Å². The van der Waals surface area contributed by atoms with Gasteiger partial charge in [0, 0.05) is 30.9 Å². The van der Waals surface area contributed by atoms with Crippen LogP contribution in [-0.4, -0.2) is 51.3 Å². The third-order valence-electron chi connectivity index (χ3n) is 5.34. The second kappa shape index (κ2) is 7.05. The molecule has 2 N–H and O–H groups in total. The van der Waals surface area contributed by atoms with Gasteiger partial charge in [0.1, 0.15) is 5.75 Å². The fourth-order valence-corrected chi connectivity index (χ4v) is 3.98. The van der Waals surface area contributed by atoms with E-state index in [1.807, 2.05) is 17.0 Å². The number of carbonyl (C=O) groups is 1. The molecule has 2 heterocycles. The molecule has 1 aliphatic heterocycles. The molecule has 2 aromatic rings. The van der Waals surface area contributed by atoms with Crippen molar-refractivity contribution in [1.82, 2.24) is 9.88 Å². The van der Waals surface area contributed by atoms with Crippen molar-refractivity contribution >= 4 is 5.91 Å². The van der Waals surface area contributed by atoms with Crippen LogP contribution in [0.25, 0.3) is 0 Å². The minimum absolute atomic E-state index is 0.0464. The van der Waals surface area contributed by atoms with E-state index >= 15 is 0 Å². The number of benzene rings is 1. The van der Waals surface area contributed by atoms with E-state index in [4.69, 9.17) is 4.74 Å². The summed E-state index contributed by atoms with van der Waals surface area (Å²) >= 11 is 0. The molecule has 4 rings (SSSR count). The predicted octanol–water partition coefficient (Wildman–Crippen LogP) is 2.08. The van der Waals surface area contributed by atoms with Crippen molar-refractivity contribution in [3.05, 3.63) is 54.2 Å². The maximum atomic E-state index is 12.9. The van der Waals surface area contributed by atoms with Gasteiger partial charge in [0.05, 0.1) is 12.2 Å². The van der Waals surface area contributed by atoms with E-state index in [-0.39, 0.29) is 17.7 Å². The number of hydrogen-bond donors (Lipinski definition) is 2. The predicted molar refractivity (Wildman–Crippen MR) is 94.9 cm³/mol. The smallest absolute Gasteiger partial charge is 0.254 e. The standard InChI is InChI=1S/C20H22N2O4/c23-17-9-14-11-22(12-15(14)10-18(17)24)20(25)13-4-3-5-16(8-13)26-19-6-1-2-7-21-19/h1-8,14-15,17-18,23-24H,9-12H2. The van der Waals surface area contributed by atoms with Crippen molar-refractivity contribution in [2.75, 3.05) is 13.1 Å². The number of nitrogens with zero attached hydrogens (tertiary/aromatic N) is 2. The SMILES string of the molecule is O=C(c1cccc(Oc2ccccn2)c1)N1CC2CC(O)C(O)CC2C1. The summed E-state index contributed by atoms with van der Waals surface area (Å²) in [7, 11) is 0. The quantitative estimate of drug-likeness (QED) is 0.882. The summed E-state index contributed by atoms with van der Waals surface area (Å²) in [6.07, 6.45) is 1.40. The molecule has 0 radical (unpaired) electrons. The lowest BCUT2D eigenvalue weighted by Gasteiger charge is -2.31. The molecule has 1 aromatic heterocycles. The topological polar surface area (TPSA) is 82.9 Å². The number of ether oxygens (including phenoxy) is 1. The molecule has 26 heavy (non-hydrogen) atoms. The number of rotatable bonds is 3. The van der Waals surface area contributed by atoms with Crippen molar-refractivity contribution in [3.8, 4) is 11.6 Å². The van der Waals surface area contributed by atoms with Gasteiger partial charge in [-0.1, -0.05) is 12.1 Å². The maximum Gasteiger partial charge on any atom is 0.254 e. The normalized spacial score (nSPS) is 27.8. The summed E-state index contributed by atoms with van der Waals surface area (Å²) in [6.45, 7) is 1.25. The number of likely N-dealkylation sites (tertiary alicyclic amines) is 1. The fraction of sp³-hybridized carbons (Fsp3) is 0.400. The number of aliphatic hydroxyl groups excluding tert-OH is 2. The first kappa shape index (κ1) is 17.0. The van der Waals surface area contributed by atoms with Gasteiger partial charge in [-0.25, -0.2) is 4.98 Å². The molecule has 2 aliphatic rings. The summed E-state index contributed by atoms with van der Waals surface area (Å²) in [6, 6.07) is 12.5. The van der Waals surface area contributed by atoms with E-state index < -0.39 is 12.2 Å². The van der Waals surface area contributed by atoms with Crippen LogP contribution in [0.15, 0.2) is 48.7 Å². The van der Waals surface area contributed by atoms with Gasteiger partial charge < -0.3 is 19.8 Å². The lowest BCUT2D eigenvalue weighted by molar-refractivity contribution is -0.0372. The van der Waals surface area contributed by atoms with Crippen LogP contribution in [0.2, 0.25) is 0 Å². The van der Waals surface area contributed by atoms with E-state index in [0.29, 0.717) is 43.1 Å². The number of carbonyl (C=O) groups excluding carboxylic acids is 1. The van der Waals surface area contributed by atoms with Crippen molar-refractivity contribution in [3.63, 3.8) is 0 Å². The lowest BCUT2D eigenvalue weighted by atomic mass is 9.79. The minimum Gasteiger partial charge on any atom is -0.439 e. The molecule has 0 spiro atoms. The van der Waals surface area contributed by atoms with Gasteiger partial charge in [-0.3, -0.25) is 4.79 Å². The number of aliphatic hydroxyl groups is 2. The zero-order valence-electron chi connectivity index (χ0n) is 14.4. The number of hydrogen-bond acceptors (Lipinski definition) is 5. The summed E-state index contributed by atoms with van der Waals surface area (Å²) in [4.78, 5) is 18.8. The Morgan fingerprint density at radius 3 is 2.42 bits per heavy atom. The summed E-state index contributed by atoms with van der Waals surface area (Å²) in [5.74, 6) is 1.51. The average molecular weight is 354 g/mol. The Balaban J connectivity index is 1.46. The first-order chi connectivity index (χ1) is 12.6. The summed E-state index contributed by atoms with van der Waals surface area (Å²) in [5.41, 5.74) is 0.568. The van der Waals surface area contributed by atoms with Gasteiger partial charge in [0.25, 0.3) is 5.91 Å². The van der Waals surface area contributed by atoms with Crippen molar-refractivity contribution in [2.45, 2.75) is 25.0 Å². The highest BCUT2D eigenvalue weighted by molar-refractivity contribution is 5.94. The van der Waals surface area contributed by atoms with Gasteiger partial charge in [0.15, 0.2) is 0 Å². The maximum absolute atomic E-state index is 12.9. The molecular formula is C20H22N2O4. The minimum atomic E-state index is -0.679. The highest BCUT2D eigenvalue weighted by Crippen LogP contribution is 2.37. The molecular weight excluding hydrogens is 332 g/mol. The van der Waals surface area contributed by atoms with Gasteiger partial charge in [-0.05, 0) is 48.9 Å². The Morgan fingerprint density at radius 1 is 1.04 bits per heavy atom. The first-order valence-electron chi connectivity index (χ1n) is 8.94. The first-order valence-corrected chi connectivity index (χ1v) is 8.94. The molecule has 2 fully saturated rings. The lowest BCUT2D eigenvalue weighted by Crippen LogP contribution is -2.38. The highest BCUT2D eigenvalue weighted by atomic mass is 16.5. The summed E-state index contributed by atoms with van der Waals surface area (Å²) < 4.78 is 5.71. The van der Waals surface area contributed by atoms with Crippen LogP contribution in [0.4, 0.5) is 0 Å². The van der Waals surface area contributed by atoms with Crippen molar-refractivity contribution < 1.29 is 19.7 Å². The van der Waals surface area contributed by atoms with Crippen molar-refractivity contribution in [1.29, 1.82) is 0 Å². The Morgan fingerprint density at radius 2 is 1.77 bits per heavy atom. The van der Waals surface area contributed by atoms with Crippen LogP contribution < -0.4 is 4.74 Å². The Hall–Kier alpha value is -2.44. The van der Waals surface area contributed by atoms with Gasteiger partial charge in [-0.2, -0.15) is 0 Å². The molecule has 1 aliphatic carbocycles. The molecule has 1 saturated heterocycles. The number of fused-ring (bicyclic) bond motifs is 1.